The standard InChI is InChI=1S/C15H17BrN4O/c1-3-8-17-14-7-6-13(19-20-14)15(21)18-12-5-4-10(2)9-11(12)16/h4-7,9H,3,8H2,1-2H3,(H,17,20)(H,18,21). The van der Waals surface area contributed by atoms with Gasteiger partial charge in [0.2, 0.25) is 0 Å². The fraction of sp³-hybridized carbons (Fsp3) is 0.267. The zero-order valence-corrected chi connectivity index (χ0v) is 13.6. The first kappa shape index (κ1) is 15.4. The van der Waals surface area contributed by atoms with E-state index in [0.717, 1.165) is 23.0 Å². The molecule has 5 nitrogen and oxygen atoms in total. The third-order valence-electron chi connectivity index (χ3n) is 2.83. The summed E-state index contributed by atoms with van der Waals surface area (Å²) in [7, 11) is 0. The molecule has 0 atom stereocenters. The zero-order valence-electron chi connectivity index (χ0n) is 12.0. The van der Waals surface area contributed by atoms with E-state index < -0.39 is 0 Å². The van der Waals surface area contributed by atoms with E-state index in [2.05, 4.69) is 43.7 Å². The van der Waals surface area contributed by atoms with Crippen LogP contribution >= 0.6 is 15.9 Å². The highest BCUT2D eigenvalue weighted by atomic mass is 79.9. The molecule has 2 N–H and O–H groups in total. The highest BCUT2D eigenvalue weighted by molar-refractivity contribution is 9.10. The van der Waals surface area contributed by atoms with Gasteiger partial charge < -0.3 is 10.6 Å². The van der Waals surface area contributed by atoms with Crippen molar-refractivity contribution in [2.24, 2.45) is 0 Å². The fourth-order valence-electron chi connectivity index (χ4n) is 1.71. The molecule has 0 aliphatic rings. The molecule has 1 amide bonds. The summed E-state index contributed by atoms with van der Waals surface area (Å²) < 4.78 is 0.838. The molecule has 0 aliphatic heterocycles. The summed E-state index contributed by atoms with van der Waals surface area (Å²) in [4.78, 5) is 12.1. The molecular weight excluding hydrogens is 332 g/mol. The van der Waals surface area contributed by atoms with Crippen LogP contribution in [0.1, 0.15) is 29.4 Å². The van der Waals surface area contributed by atoms with Crippen LogP contribution in [0.2, 0.25) is 0 Å². The monoisotopic (exact) mass is 348 g/mol. The number of aromatic nitrogens is 2. The molecule has 2 rings (SSSR count). The molecule has 6 heteroatoms. The second kappa shape index (κ2) is 7.17. The molecule has 110 valence electrons. The number of hydrogen-bond acceptors (Lipinski definition) is 4. The number of carbonyl (C=O) groups is 1. The van der Waals surface area contributed by atoms with E-state index in [4.69, 9.17) is 0 Å². The maximum absolute atomic E-state index is 12.1. The van der Waals surface area contributed by atoms with Gasteiger partial charge in [0.1, 0.15) is 5.82 Å². The highest BCUT2D eigenvalue weighted by Gasteiger charge is 2.10. The van der Waals surface area contributed by atoms with Gasteiger partial charge in [-0.3, -0.25) is 4.79 Å². The number of aryl methyl sites for hydroxylation is 1. The van der Waals surface area contributed by atoms with E-state index >= 15 is 0 Å². The average molecular weight is 349 g/mol. The molecule has 0 aliphatic carbocycles. The van der Waals surface area contributed by atoms with Gasteiger partial charge in [0.15, 0.2) is 5.69 Å². The Morgan fingerprint density at radius 2 is 2.05 bits per heavy atom. The fourth-order valence-corrected chi connectivity index (χ4v) is 2.30. The highest BCUT2D eigenvalue weighted by Crippen LogP contribution is 2.23. The molecule has 0 fully saturated rings. The number of halogens is 1. The molecule has 0 saturated carbocycles. The lowest BCUT2D eigenvalue weighted by Gasteiger charge is -2.08. The van der Waals surface area contributed by atoms with Gasteiger partial charge in [-0.25, -0.2) is 0 Å². The lowest BCUT2D eigenvalue weighted by Crippen LogP contribution is -2.15. The number of nitrogens with zero attached hydrogens (tertiary/aromatic N) is 2. The second-order valence-electron chi connectivity index (χ2n) is 4.67. The Balaban J connectivity index is 2.06. The third-order valence-corrected chi connectivity index (χ3v) is 3.48. The first-order chi connectivity index (χ1) is 10.1. The minimum Gasteiger partial charge on any atom is -0.369 e. The molecule has 0 bridgehead atoms. The lowest BCUT2D eigenvalue weighted by molar-refractivity contribution is 0.102. The van der Waals surface area contributed by atoms with E-state index in [1.807, 2.05) is 25.1 Å². The number of anilines is 2. The van der Waals surface area contributed by atoms with Crippen LogP contribution in [0.25, 0.3) is 0 Å². The Morgan fingerprint density at radius 1 is 1.24 bits per heavy atom. The zero-order chi connectivity index (χ0) is 15.2. The van der Waals surface area contributed by atoms with Crippen LogP contribution in [0.5, 0.6) is 0 Å². The molecule has 1 aromatic heterocycles. The smallest absolute Gasteiger partial charge is 0.276 e. The molecule has 0 unspecified atom stereocenters. The minimum atomic E-state index is -0.283. The Morgan fingerprint density at radius 3 is 2.67 bits per heavy atom. The van der Waals surface area contributed by atoms with Crippen molar-refractivity contribution in [1.29, 1.82) is 0 Å². The van der Waals surface area contributed by atoms with E-state index in [0.29, 0.717) is 11.5 Å². The maximum atomic E-state index is 12.1. The van der Waals surface area contributed by atoms with E-state index in [1.54, 1.807) is 12.1 Å². The van der Waals surface area contributed by atoms with Crippen molar-refractivity contribution in [3.8, 4) is 0 Å². The predicted octanol–water partition coefficient (Wildman–Crippen LogP) is 3.62. The van der Waals surface area contributed by atoms with Gasteiger partial charge in [0.05, 0.1) is 5.69 Å². The molecule has 0 radical (unpaired) electrons. The van der Waals surface area contributed by atoms with Gasteiger partial charge in [0.25, 0.3) is 5.91 Å². The SMILES string of the molecule is CCCNc1ccc(C(=O)Nc2ccc(C)cc2Br)nn1. The van der Waals surface area contributed by atoms with Crippen LogP contribution in [0.3, 0.4) is 0 Å². The molecular formula is C15H17BrN4O. The van der Waals surface area contributed by atoms with Crippen LogP contribution in [-0.2, 0) is 0 Å². The van der Waals surface area contributed by atoms with Gasteiger partial charge >= 0.3 is 0 Å². The molecule has 1 heterocycles. The molecule has 21 heavy (non-hydrogen) atoms. The topological polar surface area (TPSA) is 66.9 Å². The summed E-state index contributed by atoms with van der Waals surface area (Å²) in [5, 5.41) is 13.8. The van der Waals surface area contributed by atoms with Crippen molar-refractivity contribution >= 4 is 33.3 Å². The summed E-state index contributed by atoms with van der Waals surface area (Å²) in [6.07, 6.45) is 1.01. The summed E-state index contributed by atoms with van der Waals surface area (Å²) >= 11 is 3.43. The number of rotatable bonds is 5. The van der Waals surface area contributed by atoms with E-state index in [1.165, 1.54) is 0 Å². The summed E-state index contributed by atoms with van der Waals surface area (Å²) in [6, 6.07) is 9.13. The van der Waals surface area contributed by atoms with Crippen LogP contribution < -0.4 is 10.6 Å². The number of amides is 1. The van der Waals surface area contributed by atoms with Gasteiger partial charge in [0, 0.05) is 11.0 Å². The summed E-state index contributed by atoms with van der Waals surface area (Å²) in [5.41, 5.74) is 2.11. The quantitative estimate of drug-likeness (QED) is 0.865. The van der Waals surface area contributed by atoms with Gasteiger partial charge in [-0.2, -0.15) is 0 Å². The normalized spacial score (nSPS) is 10.2. The van der Waals surface area contributed by atoms with Gasteiger partial charge in [-0.15, -0.1) is 10.2 Å². The Bertz CT molecular complexity index is 628. The van der Waals surface area contributed by atoms with Gasteiger partial charge in [-0.1, -0.05) is 13.0 Å². The van der Waals surface area contributed by atoms with Crippen LogP contribution in [-0.4, -0.2) is 22.6 Å². The average Bonchev–Trinajstić information content (AvgIpc) is 2.48. The summed E-state index contributed by atoms with van der Waals surface area (Å²) in [6.45, 7) is 4.89. The number of hydrogen-bond donors (Lipinski definition) is 2. The molecule has 2 aromatic rings. The Labute approximate surface area is 132 Å². The van der Waals surface area contributed by atoms with Crippen molar-refractivity contribution in [3.63, 3.8) is 0 Å². The maximum Gasteiger partial charge on any atom is 0.276 e. The Kier molecular flexibility index (Phi) is 5.27. The number of benzene rings is 1. The molecule has 1 aromatic carbocycles. The van der Waals surface area contributed by atoms with Crippen molar-refractivity contribution in [2.45, 2.75) is 20.3 Å². The van der Waals surface area contributed by atoms with Gasteiger partial charge in [-0.05, 0) is 59.1 Å². The summed E-state index contributed by atoms with van der Waals surface area (Å²) in [5.74, 6) is 0.388. The van der Waals surface area contributed by atoms with Crippen molar-refractivity contribution in [3.05, 3.63) is 46.1 Å². The van der Waals surface area contributed by atoms with E-state index in [-0.39, 0.29) is 11.6 Å². The molecule has 0 spiro atoms. The Hall–Kier alpha value is -1.95. The molecule has 0 saturated heterocycles. The van der Waals surface area contributed by atoms with Crippen molar-refractivity contribution in [2.75, 3.05) is 17.2 Å². The van der Waals surface area contributed by atoms with Crippen molar-refractivity contribution < 1.29 is 4.79 Å². The first-order valence-corrected chi connectivity index (χ1v) is 7.54. The minimum absolute atomic E-state index is 0.282. The largest absolute Gasteiger partial charge is 0.369 e. The van der Waals surface area contributed by atoms with Crippen LogP contribution in [0.4, 0.5) is 11.5 Å². The van der Waals surface area contributed by atoms with Crippen LogP contribution in [0, 0.1) is 6.92 Å². The second-order valence-corrected chi connectivity index (χ2v) is 5.52. The van der Waals surface area contributed by atoms with E-state index in [9.17, 15) is 4.79 Å². The number of nitrogens with one attached hydrogen (secondary N) is 2. The number of carbonyl (C=O) groups excluding carboxylic acids is 1. The lowest BCUT2D eigenvalue weighted by atomic mass is 10.2. The predicted molar refractivity (Wildman–Crippen MR) is 87.6 cm³/mol. The van der Waals surface area contributed by atoms with Crippen LogP contribution in [0.15, 0.2) is 34.8 Å². The first-order valence-electron chi connectivity index (χ1n) is 6.75. The third kappa shape index (κ3) is 4.26. The van der Waals surface area contributed by atoms with Crippen molar-refractivity contribution in [1.82, 2.24) is 10.2 Å².